The molecule has 0 atom stereocenters. The van der Waals surface area contributed by atoms with Gasteiger partial charge in [0.2, 0.25) is 0 Å². The molecule has 1 aliphatic carbocycles. The lowest BCUT2D eigenvalue weighted by atomic mass is 9.86. The van der Waals surface area contributed by atoms with Gasteiger partial charge in [-0.05, 0) is 108 Å². The van der Waals surface area contributed by atoms with Gasteiger partial charge in [-0.25, -0.2) is 4.79 Å². The van der Waals surface area contributed by atoms with E-state index in [2.05, 4.69) is 39.3 Å². The minimum Gasteiger partial charge on any atom is -0.465 e. The quantitative estimate of drug-likeness (QED) is 0.266. The number of H-pyrrole nitrogens is 1. The Morgan fingerprint density at radius 2 is 1.69 bits per heavy atom. The number of nitrogens with zero attached hydrogens (tertiary/aromatic N) is 4. The number of ether oxygens (including phenoxy) is 1. The van der Waals surface area contributed by atoms with Crippen molar-refractivity contribution in [3.05, 3.63) is 80.5 Å². The van der Waals surface area contributed by atoms with Crippen molar-refractivity contribution in [2.24, 2.45) is 0 Å². The number of amides is 2. The number of aryl methyl sites for hydroxylation is 2. The van der Waals surface area contributed by atoms with Crippen molar-refractivity contribution in [3.8, 4) is 11.1 Å². The van der Waals surface area contributed by atoms with Gasteiger partial charge in [-0.1, -0.05) is 6.07 Å². The smallest absolute Gasteiger partial charge is 0.407 e. The van der Waals surface area contributed by atoms with E-state index < -0.39 is 11.6 Å². The number of morpholine rings is 1. The van der Waals surface area contributed by atoms with Crippen LogP contribution in [0.15, 0.2) is 41.3 Å². The average Bonchev–Trinajstić information content (AvgIpc) is 3.04. The highest BCUT2D eigenvalue weighted by atomic mass is 16.5. The molecule has 49 heavy (non-hydrogen) atoms. The van der Waals surface area contributed by atoms with Gasteiger partial charge in [0.1, 0.15) is 0 Å². The average molecular weight is 673 g/mol. The fourth-order valence-electron chi connectivity index (χ4n) is 7.40. The number of carboxylic acid groups (broad SMARTS) is 1. The minimum atomic E-state index is -0.879. The molecular formula is C38H52N6O5. The molecule has 11 heteroatoms. The predicted molar refractivity (Wildman–Crippen MR) is 192 cm³/mol. The van der Waals surface area contributed by atoms with Crippen LogP contribution in [0.3, 0.4) is 0 Å². The normalized spacial score (nSPS) is 18.6. The molecule has 3 N–H and O–H groups in total. The van der Waals surface area contributed by atoms with Crippen LogP contribution in [0.5, 0.6) is 0 Å². The van der Waals surface area contributed by atoms with E-state index in [1.165, 1.54) is 0 Å². The lowest BCUT2D eigenvalue weighted by Crippen LogP contribution is -2.53. The maximum absolute atomic E-state index is 13.9. The second-order valence-electron chi connectivity index (χ2n) is 14.6. The number of aromatic nitrogens is 2. The molecule has 3 aromatic rings. The molecule has 5 rings (SSSR count). The van der Waals surface area contributed by atoms with Crippen molar-refractivity contribution in [2.45, 2.75) is 97.9 Å². The molecule has 1 saturated carbocycles. The molecule has 0 spiro atoms. The first kappa shape index (κ1) is 36.1. The van der Waals surface area contributed by atoms with Crippen LogP contribution in [0.25, 0.3) is 11.1 Å². The van der Waals surface area contributed by atoms with Gasteiger partial charge in [-0.2, -0.15) is 0 Å². The monoisotopic (exact) mass is 672 g/mol. The van der Waals surface area contributed by atoms with Gasteiger partial charge in [-0.3, -0.25) is 19.5 Å². The zero-order valence-corrected chi connectivity index (χ0v) is 30.1. The van der Waals surface area contributed by atoms with E-state index in [1.807, 2.05) is 65.9 Å². The topological polar surface area (TPSA) is 131 Å². The summed E-state index contributed by atoms with van der Waals surface area (Å²) in [4.78, 5) is 52.5. The largest absolute Gasteiger partial charge is 0.465 e. The molecule has 0 unspecified atom stereocenters. The molecule has 1 aromatic carbocycles. The Hall–Kier alpha value is -4.22. The molecule has 0 radical (unpaired) electrons. The molecule has 264 valence electrons. The predicted octanol–water partition coefficient (Wildman–Crippen LogP) is 5.65. The fourth-order valence-corrected chi connectivity index (χ4v) is 7.40. The van der Waals surface area contributed by atoms with E-state index in [9.17, 15) is 19.5 Å². The molecule has 0 bridgehead atoms. The van der Waals surface area contributed by atoms with Crippen molar-refractivity contribution in [2.75, 3.05) is 38.3 Å². The highest BCUT2D eigenvalue weighted by molar-refractivity contribution is 5.99. The summed E-state index contributed by atoms with van der Waals surface area (Å²) < 4.78 is 5.48. The van der Waals surface area contributed by atoms with Crippen molar-refractivity contribution in [1.82, 2.24) is 25.1 Å². The Bertz CT molecular complexity index is 1700. The third kappa shape index (κ3) is 8.51. The minimum absolute atomic E-state index is 0.0358. The number of benzene rings is 1. The first-order valence-corrected chi connectivity index (χ1v) is 17.4. The number of nitrogens with one attached hydrogen (secondary N) is 2. The number of carbonyl (C=O) groups is 2. The summed E-state index contributed by atoms with van der Waals surface area (Å²) in [7, 11) is 2.07. The van der Waals surface area contributed by atoms with E-state index in [0.717, 1.165) is 97.9 Å². The summed E-state index contributed by atoms with van der Waals surface area (Å²) in [6.45, 7) is 15.6. The van der Waals surface area contributed by atoms with Crippen LogP contribution in [0.4, 0.5) is 10.5 Å². The fraction of sp³-hybridized carbons (Fsp3) is 0.526. The Balaban J connectivity index is 1.42. The van der Waals surface area contributed by atoms with Gasteiger partial charge in [0.05, 0.1) is 18.9 Å². The van der Waals surface area contributed by atoms with Crippen molar-refractivity contribution >= 4 is 17.7 Å². The van der Waals surface area contributed by atoms with E-state index in [1.54, 1.807) is 4.90 Å². The third-order valence-electron chi connectivity index (χ3n) is 10.1. The molecule has 2 fully saturated rings. The number of hydrogen-bond donors (Lipinski definition) is 3. The number of aromatic amines is 1. The highest BCUT2D eigenvalue weighted by Crippen LogP contribution is 2.36. The standard InChI is InChI=1S/C38H52N6O5/c1-24-18-25(2)41-36(46)33(24)22-40-35(45)32-19-28(27-8-9-29(39-21-27)23-43-14-16-49-17-15-43)20-34(26(32)3)42(7)30-10-12-31(13-11-30)44(37(47)48)38(4,5)6/h8-9,18-21,30-31H,10-17,22-23H2,1-7H3,(H,40,45)(H,41,46)(H,47,48)/t30-,31-. The number of anilines is 1. The van der Waals surface area contributed by atoms with Gasteiger partial charge in [0.25, 0.3) is 11.5 Å². The number of rotatable bonds is 9. The first-order valence-electron chi connectivity index (χ1n) is 17.4. The molecule has 3 heterocycles. The molecule has 1 saturated heterocycles. The lowest BCUT2D eigenvalue weighted by Gasteiger charge is -2.44. The van der Waals surface area contributed by atoms with E-state index in [-0.39, 0.29) is 30.1 Å². The molecule has 2 aliphatic rings. The summed E-state index contributed by atoms with van der Waals surface area (Å²) in [5.74, 6) is -0.253. The van der Waals surface area contributed by atoms with Crippen LogP contribution in [0, 0.1) is 20.8 Å². The summed E-state index contributed by atoms with van der Waals surface area (Å²) >= 11 is 0. The van der Waals surface area contributed by atoms with E-state index >= 15 is 0 Å². The highest BCUT2D eigenvalue weighted by Gasteiger charge is 2.36. The zero-order chi connectivity index (χ0) is 35.5. The second-order valence-corrected chi connectivity index (χ2v) is 14.6. The first-order chi connectivity index (χ1) is 23.2. The number of pyridine rings is 2. The second kappa shape index (κ2) is 15.1. The Morgan fingerprint density at radius 1 is 1.02 bits per heavy atom. The summed E-state index contributed by atoms with van der Waals surface area (Å²) in [5, 5.41) is 13.0. The van der Waals surface area contributed by atoms with Gasteiger partial charge in [-0.15, -0.1) is 0 Å². The Kier molecular flexibility index (Phi) is 11.1. The van der Waals surface area contributed by atoms with Gasteiger partial charge in [0.15, 0.2) is 0 Å². The van der Waals surface area contributed by atoms with Gasteiger partial charge < -0.3 is 29.9 Å². The van der Waals surface area contributed by atoms with Crippen LogP contribution in [-0.2, 0) is 17.8 Å². The zero-order valence-electron chi connectivity index (χ0n) is 30.1. The molecule has 2 aromatic heterocycles. The molecule has 2 amide bonds. The lowest BCUT2D eigenvalue weighted by molar-refractivity contribution is 0.0336. The van der Waals surface area contributed by atoms with Crippen LogP contribution in [-0.4, -0.2) is 87.8 Å². The Morgan fingerprint density at radius 3 is 2.29 bits per heavy atom. The van der Waals surface area contributed by atoms with Crippen molar-refractivity contribution in [3.63, 3.8) is 0 Å². The van der Waals surface area contributed by atoms with E-state index in [0.29, 0.717) is 11.1 Å². The van der Waals surface area contributed by atoms with E-state index in [4.69, 9.17) is 9.72 Å². The summed E-state index contributed by atoms with van der Waals surface area (Å²) in [6, 6.07) is 10.2. The maximum atomic E-state index is 13.9. The Labute approximate surface area is 289 Å². The SMILES string of the molecule is Cc1cc(C)c(CNC(=O)c2cc(-c3ccc(CN4CCOCC4)nc3)cc(N(C)[C@H]3CC[C@H](N(C(=O)O)C(C)(C)C)CC3)c2C)c(=O)[nH]1. The van der Waals surface area contributed by atoms with Gasteiger partial charge >= 0.3 is 6.09 Å². The van der Waals surface area contributed by atoms with Crippen molar-refractivity contribution < 1.29 is 19.4 Å². The third-order valence-corrected chi connectivity index (χ3v) is 10.1. The van der Waals surface area contributed by atoms with Gasteiger partial charge in [0, 0.05) is 85.1 Å². The van der Waals surface area contributed by atoms with Crippen LogP contribution in [0.2, 0.25) is 0 Å². The van der Waals surface area contributed by atoms with Crippen LogP contribution < -0.4 is 15.8 Å². The number of carbonyl (C=O) groups excluding carboxylic acids is 1. The molecule has 11 nitrogen and oxygen atoms in total. The number of hydrogen-bond acceptors (Lipinski definition) is 7. The van der Waals surface area contributed by atoms with Crippen LogP contribution in [0.1, 0.15) is 84.9 Å². The molecule has 1 aliphatic heterocycles. The van der Waals surface area contributed by atoms with Crippen LogP contribution >= 0.6 is 0 Å². The summed E-state index contributed by atoms with van der Waals surface area (Å²) in [6.07, 6.45) is 4.20. The molecular weight excluding hydrogens is 620 g/mol. The maximum Gasteiger partial charge on any atom is 0.407 e. The summed E-state index contributed by atoms with van der Waals surface area (Å²) in [5.41, 5.74) is 6.57. The van der Waals surface area contributed by atoms with Crippen molar-refractivity contribution in [1.29, 1.82) is 0 Å².